The summed E-state index contributed by atoms with van der Waals surface area (Å²) in [6.07, 6.45) is 12.0. The van der Waals surface area contributed by atoms with Crippen molar-refractivity contribution in [3.05, 3.63) is 0 Å². The average molecular weight is 463 g/mol. The van der Waals surface area contributed by atoms with Crippen molar-refractivity contribution in [1.29, 1.82) is 0 Å². The Morgan fingerprint density at radius 2 is 0.857 bits per heavy atom. The van der Waals surface area contributed by atoms with Crippen LogP contribution in [0.5, 0.6) is 0 Å². The van der Waals surface area contributed by atoms with E-state index in [0.29, 0.717) is 11.1 Å². The highest BCUT2D eigenvalue weighted by molar-refractivity contribution is 8.16. The maximum atomic E-state index is 7.39. The maximum absolute atomic E-state index is 7.39. The molecular formula is C12H22Cl6Si3. The summed E-state index contributed by atoms with van der Waals surface area (Å²) in [5.74, 6) is 0. The van der Waals surface area contributed by atoms with E-state index in [1.54, 1.807) is 0 Å². The van der Waals surface area contributed by atoms with Gasteiger partial charge in [0.15, 0.2) is 6.90 Å². The molecule has 0 aromatic heterocycles. The third kappa shape index (κ3) is 3.98. The van der Waals surface area contributed by atoms with Gasteiger partial charge in [0.1, 0.15) is 0 Å². The molecule has 0 saturated heterocycles. The van der Waals surface area contributed by atoms with Gasteiger partial charge >= 0.3 is 5.52 Å². The number of rotatable bonds is 4. The van der Waals surface area contributed by atoms with Gasteiger partial charge in [0, 0.05) is 0 Å². The highest BCUT2D eigenvalue weighted by Crippen LogP contribution is 2.59. The Morgan fingerprint density at radius 3 is 1.14 bits per heavy atom. The zero-order valence-electron chi connectivity index (χ0n) is 12.0. The summed E-state index contributed by atoms with van der Waals surface area (Å²) < 4.78 is 0. The van der Waals surface area contributed by atoms with Crippen LogP contribution in [0.1, 0.15) is 64.2 Å². The maximum Gasteiger partial charge on any atom is 0.357 e. The first kappa shape index (κ1) is 19.7. The molecule has 0 radical (unpaired) electrons. The molecule has 0 aliphatic heterocycles. The van der Waals surface area contributed by atoms with Gasteiger partial charge in [-0.3, -0.25) is 0 Å². The molecule has 0 N–H and O–H groups in total. The monoisotopic (exact) mass is 460 g/mol. The third-order valence-corrected chi connectivity index (χ3v) is 60.5. The van der Waals surface area contributed by atoms with Crippen molar-refractivity contribution in [2.24, 2.45) is 0 Å². The lowest BCUT2D eigenvalue weighted by Crippen LogP contribution is -2.67. The fourth-order valence-corrected chi connectivity index (χ4v) is 49.7. The summed E-state index contributed by atoms with van der Waals surface area (Å²) in [6.45, 7) is -2.50. The molecule has 9 heteroatoms. The van der Waals surface area contributed by atoms with Crippen molar-refractivity contribution >= 4 is 84.6 Å². The lowest BCUT2D eigenvalue weighted by Gasteiger charge is -2.49. The third-order valence-electron chi connectivity index (χ3n) is 5.24. The Balaban J connectivity index is 2.36. The molecule has 2 saturated carbocycles. The topological polar surface area (TPSA) is 0 Å². The van der Waals surface area contributed by atoms with Crippen LogP contribution in [-0.2, 0) is 0 Å². The first-order valence-electron chi connectivity index (χ1n) is 7.84. The summed E-state index contributed by atoms with van der Waals surface area (Å²) in [5, 5.41) is 0. The van der Waals surface area contributed by atoms with Crippen LogP contribution in [0.15, 0.2) is 0 Å². The normalized spacial score (nSPS) is 24.3. The second-order valence-electron chi connectivity index (χ2n) is 6.51. The van der Waals surface area contributed by atoms with E-state index in [9.17, 15) is 0 Å². The van der Waals surface area contributed by atoms with Crippen molar-refractivity contribution in [2.75, 3.05) is 0 Å². The zero-order chi connectivity index (χ0) is 15.7. The largest absolute Gasteiger partial charge is 0.357 e. The van der Waals surface area contributed by atoms with Crippen molar-refractivity contribution in [2.45, 2.75) is 75.3 Å². The van der Waals surface area contributed by atoms with Gasteiger partial charge in [0.2, 0.25) is 0 Å². The van der Waals surface area contributed by atoms with Gasteiger partial charge in [-0.1, -0.05) is 64.2 Å². The van der Waals surface area contributed by atoms with Crippen LogP contribution < -0.4 is 0 Å². The summed E-state index contributed by atoms with van der Waals surface area (Å²) in [7, 11) is 0. The molecule has 0 amide bonds. The Kier molecular flexibility index (Phi) is 7.26. The van der Waals surface area contributed by atoms with E-state index in [0.717, 1.165) is 25.7 Å². The summed E-state index contributed by atoms with van der Waals surface area (Å²) >= 11 is 40.3. The van der Waals surface area contributed by atoms with E-state index < -0.39 is 18.2 Å². The Morgan fingerprint density at radius 1 is 0.524 bits per heavy atom. The molecule has 0 aromatic carbocycles. The second-order valence-corrected chi connectivity index (χ2v) is 42.9. The van der Waals surface area contributed by atoms with Crippen LogP contribution >= 0.6 is 66.5 Å². The van der Waals surface area contributed by atoms with Crippen LogP contribution in [0.4, 0.5) is 0 Å². The quantitative estimate of drug-likeness (QED) is 0.298. The summed E-state index contributed by atoms with van der Waals surface area (Å²) in [4.78, 5) is 0. The SMILES string of the molecule is Cl[Si](Cl)(Cl)[Si](Cl)(Cl)[Si](Cl)(C1CCCCC1)C1CCCCC1. The number of hydrogen-bond acceptors (Lipinski definition) is 0. The van der Waals surface area contributed by atoms with E-state index in [1.165, 1.54) is 38.5 Å². The van der Waals surface area contributed by atoms with Crippen LogP contribution in [0.25, 0.3) is 0 Å². The molecule has 2 fully saturated rings. The lowest BCUT2D eigenvalue weighted by molar-refractivity contribution is 0.464. The van der Waals surface area contributed by atoms with Crippen molar-refractivity contribution in [1.82, 2.24) is 0 Å². The lowest BCUT2D eigenvalue weighted by atomic mass is 9.99. The van der Waals surface area contributed by atoms with Gasteiger partial charge in [-0.05, 0) is 11.1 Å². The van der Waals surface area contributed by atoms with Gasteiger partial charge in [-0.15, -0.1) is 55.4 Å². The van der Waals surface area contributed by atoms with Gasteiger partial charge in [-0.2, -0.15) is 11.1 Å². The Hall–Kier alpha value is 2.39. The fraction of sp³-hybridized carbons (Fsp3) is 1.00. The Bertz CT molecular complexity index is 329. The predicted molar refractivity (Wildman–Crippen MR) is 106 cm³/mol. The predicted octanol–water partition coefficient (Wildman–Crippen LogP) is 7.57. The van der Waals surface area contributed by atoms with Gasteiger partial charge in [-0.25, -0.2) is 0 Å². The van der Waals surface area contributed by atoms with E-state index in [4.69, 9.17) is 66.5 Å². The smallest absolute Gasteiger partial charge is 0.167 e. The molecule has 21 heavy (non-hydrogen) atoms. The van der Waals surface area contributed by atoms with E-state index in [1.807, 2.05) is 0 Å². The van der Waals surface area contributed by atoms with Crippen LogP contribution in [0.3, 0.4) is 0 Å². The van der Waals surface area contributed by atoms with E-state index >= 15 is 0 Å². The molecule has 2 rings (SSSR count). The molecule has 124 valence electrons. The van der Waals surface area contributed by atoms with Crippen molar-refractivity contribution < 1.29 is 0 Å². The second kappa shape index (κ2) is 7.74. The minimum atomic E-state index is -3.17. The molecule has 0 aromatic rings. The van der Waals surface area contributed by atoms with E-state index in [-0.39, 0.29) is 0 Å². The Labute approximate surface area is 159 Å². The van der Waals surface area contributed by atoms with E-state index in [2.05, 4.69) is 0 Å². The van der Waals surface area contributed by atoms with Gasteiger partial charge in [0.05, 0.1) is 0 Å². The highest BCUT2D eigenvalue weighted by atomic mass is 35.9. The molecule has 0 bridgehead atoms. The van der Waals surface area contributed by atoms with Crippen LogP contribution in [-0.4, -0.2) is 18.2 Å². The molecule has 0 nitrogen and oxygen atoms in total. The fourth-order valence-electron chi connectivity index (χ4n) is 4.11. The number of hydrogen-bond donors (Lipinski definition) is 0. The number of halogens is 6. The van der Waals surface area contributed by atoms with Crippen LogP contribution in [0.2, 0.25) is 11.1 Å². The molecule has 2 aliphatic rings. The zero-order valence-corrected chi connectivity index (χ0v) is 19.5. The first-order valence-corrected chi connectivity index (χ1v) is 22.1. The molecule has 0 heterocycles. The summed E-state index contributed by atoms with van der Waals surface area (Å²) in [5.41, 5.74) is -5.33. The molecule has 0 unspecified atom stereocenters. The van der Waals surface area contributed by atoms with Crippen molar-refractivity contribution in [3.63, 3.8) is 0 Å². The molecule has 2 aliphatic carbocycles. The summed E-state index contributed by atoms with van der Waals surface area (Å²) in [6, 6.07) is 0. The first-order chi connectivity index (χ1) is 9.71. The minimum Gasteiger partial charge on any atom is -0.167 e. The van der Waals surface area contributed by atoms with Gasteiger partial charge in [0.25, 0.3) is 5.73 Å². The highest BCUT2D eigenvalue weighted by Gasteiger charge is 2.71. The molecular weight excluding hydrogens is 441 g/mol. The van der Waals surface area contributed by atoms with Gasteiger partial charge < -0.3 is 0 Å². The average Bonchev–Trinajstić information content (AvgIpc) is 2.47. The minimum absolute atomic E-state index is 0.445. The standard InChI is InChI=1S/C12H22Cl6Si3/c13-19(11-7-3-1-4-8-11,12-9-5-2-6-10-12)21(17,18)20(14,15)16/h11-12H,1-10H2. The molecule has 0 spiro atoms. The van der Waals surface area contributed by atoms with Crippen LogP contribution in [0, 0.1) is 0 Å². The molecule has 0 atom stereocenters. The van der Waals surface area contributed by atoms with Crippen molar-refractivity contribution in [3.8, 4) is 0 Å².